The molecule has 0 saturated carbocycles. The van der Waals surface area contributed by atoms with Gasteiger partial charge in [0, 0.05) is 0 Å². The summed E-state index contributed by atoms with van der Waals surface area (Å²) >= 11 is 0. The Morgan fingerprint density at radius 1 is 1.56 bits per heavy atom. The molecule has 2 unspecified atom stereocenters. The fraction of sp³-hybridized carbons (Fsp3) is 1.00. The van der Waals surface area contributed by atoms with Gasteiger partial charge in [0.15, 0.2) is 0 Å². The largest absolute Gasteiger partial charge is 0.316 e. The predicted molar refractivity (Wildman–Crippen MR) is 39.9 cm³/mol. The van der Waals surface area contributed by atoms with Crippen molar-refractivity contribution in [2.24, 2.45) is 5.73 Å². The van der Waals surface area contributed by atoms with Crippen molar-refractivity contribution in [3.63, 3.8) is 0 Å². The van der Waals surface area contributed by atoms with Gasteiger partial charge in [0.1, 0.15) is 0 Å². The third kappa shape index (κ3) is 4.39. The van der Waals surface area contributed by atoms with Gasteiger partial charge in [-0.2, -0.15) is 0 Å². The molecule has 56 valence electrons. The van der Waals surface area contributed by atoms with Gasteiger partial charge < -0.3 is 11.1 Å². The molecule has 0 aromatic carbocycles. The molecule has 0 spiro atoms. The van der Waals surface area contributed by atoms with Crippen LogP contribution < -0.4 is 16.4 Å². The minimum Gasteiger partial charge on any atom is -0.316 e. The molecule has 0 radical (unpaired) electrons. The first-order chi connectivity index (χ1) is 4.20. The van der Waals surface area contributed by atoms with E-state index in [2.05, 4.69) is 17.6 Å². The van der Waals surface area contributed by atoms with E-state index in [-0.39, 0.29) is 6.17 Å². The zero-order chi connectivity index (χ0) is 7.28. The molecule has 0 heterocycles. The predicted octanol–water partition coefficient (Wildman–Crippen LogP) is -0.164. The van der Waals surface area contributed by atoms with Gasteiger partial charge in [-0.15, -0.1) is 0 Å². The van der Waals surface area contributed by atoms with E-state index in [1.807, 2.05) is 14.0 Å². The van der Waals surface area contributed by atoms with Gasteiger partial charge in [0.2, 0.25) is 0 Å². The van der Waals surface area contributed by atoms with Crippen molar-refractivity contribution >= 4 is 0 Å². The van der Waals surface area contributed by atoms with Gasteiger partial charge in [-0.3, -0.25) is 5.32 Å². The van der Waals surface area contributed by atoms with Crippen LogP contribution in [-0.4, -0.2) is 19.4 Å². The van der Waals surface area contributed by atoms with Gasteiger partial charge in [-0.1, -0.05) is 6.92 Å². The normalized spacial score (nSPS) is 17.3. The standard InChI is InChI=1S/C6H17N3/c1-4-6(7)9-5(2)8-3/h5-6,8-9H,4,7H2,1-3H3. The van der Waals surface area contributed by atoms with Crippen LogP contribution in [0, 0.1) is 0 Å². The van der Waals surface area contributed by atoms with Gasteiger partial charge in [-0.05, 0) is 20.4 Å². The van der Waals surface area contributed by atoms with E-state index in [0.29, 0.717) is 6.17 Å². The summed E-state index contributed by atoms with van der Waals surface area (Å²) < 4.78 is 0. The van der Waals surface area contributed by atoms with Crippen LogP contribution >= 0.6 is 0 Å². The van der Waals surface area contributed by atoms with E-state index in [1.165, 1.54) is 0 Å². The molecule has 9 heavy (non-hydrogen) atoms. The third-order valence-electron chi connectivity index (χ3n) is 1.34. The van der Waals surface area contributed by atoms with Gasteiger partial charge in [-0.25, -0.2) is 0 Å². The van der Waals surface area contributed by atoms with Crippen molar-refractivity contribution in [2.45, 2.75) is 32.6 Å². The average Bonchev–Trinajstić information content (AvgIpc) is 1.87. The molecule has 2 atom stereocenters. The fourth-order valence-corrected chi connectivity index (χ4v) is 0.522. The van der Waals surface area contributed by atoms with Crippen molar-refractivity contribution in [2.75, 3.05) is 7.05 Å². The number of hydrogen-bond acceptors (Lipinski definition) is 3. The first-order valence-electron chi connectivity index (χ1n) is 3.39. The van der Waals surface area contributed by atoms with Crippen LogP contribution in [0.1, 0.15) is 20.3 Å². The molecule has 0 saturated heterocycles. The molecule has 0 aliphatic heterocycles. The van der Waals surface area contributed by atoms with Gasteiger partial charge in [0.25, 0.3) is 0 Å². The van der Waals surface area contributed by atoms with Gasteiger partial charge in [0.05, 0.1) is 12.3 Å². The minimum atomic E-state index is 0.118. The lowest BCUT2D eigenvalue weighted by Crippen LogP contribution is -2.47. The zero-order valence-corrected chi connectivity index (χ0v) is 6.44. The van der Waals surface area contributed by atoms with Gasteiger partial charge >= 0.3 is 0 Å². The Morgan fingerprint density at radius 3 is 2.44 bits per heavy atom. The van der Waals surface area contributed by atoms with E-state index in [4.69, 9.17) is 5.73 Å². The molecule has 0 aliphatic rings. The van der Waals surface area contributed by atoms with E-state index in [9.17, 15) is 0 Å². The molecule has 0 aromatic rings. The molecule has 0 bridgehead atoms. The van der Waals surface area contributed by atoms with Crippen molar-refractivity contribution in [1.82, 2.24) is 10.6 Å². The molecule has 0 aromatic heterocycles. The lowest BCUT2D eigenvalue weighted by molar-refractivity contribution is 0.408. The molecular weight excluding hydrogens is 114 g/mol. The van der Waals surface area contributed by atoms with E-state index in [0.717, 1.165) is 6.42 Å². The monoisotopic (exact) mass is 131 g/mol. The topological polar surface area (TPSA) is 50.1 Å². The summed E-state index contributed by atoms with van der Waals surface area (Å²) in [6, 6.07) is 0. The quantitative estimate of drug-likeness (QED) is 0.464. The second kappa shape index (κ2) is 4.73. The second-order valence-corrected chi connectivity index (χ2v) is 2.19. The van der Waals surface area contributed by atoms with E-state index < -0.39 is 0 Å². The molecule has 0 fully saturated rings. The van der Waals surface area contributed by atoms with E-state index in [1.54, 1.807) is 0 Å². The maximum atomic E-state index is 5.60. The Balaban J connectivity index is 3.22. The zero-order valence-electron chi connectivity index (χ0n) is 6.44. The molecule has 0 amide bonds. The number of nitrogens with two attached hydrogens (primary N) is 1. The van der Waals surface area contributed by atoms with Crippen LogP contribution in [0.5, 0.6) is 0 Å². The van der Waals surface area contributed by atoms with Crippen molar-refractivity contribution in [1.29, 1.82) is 0 Å². The van der Waals surface area contributed by atoms with Crippen molar-refractivity contribution in [3.8, 4) is 0 Å². The first kappa shape index (κ1) is 8.88. The van der Waals surface area contributed by atoms with Crippen LogP contribution in [-0.2, 0) is 0 Å². The lowest BCUT2D eigenvalue weighted by atomic mass is 10.4. The SMILES string of the molecule is CCC(N)NC(C)NC. The summed E-state index contributed by atoms with van der Waals surface area (Å²) in [5, 5.41) is 6.18. The average molecular weight is 131 g/mol. The molecule has 3 nitrogen and oxygen atoms in total. The highest BCUT2D eigenvalue weighted by Crippen LogP contribution is 1.81. The summed E-state index contributed by atoms with van der Waals surface area (Å²) in [7, 11) is 1.90. The minimum absolute atomic E-state index is 0.118. The molecule has 4 N–H and O–H groups in total. The molecular formula is C6H17N3. The summed E-state index contributed by atoms with van der Waals surface area (Å²) in [4.78, 5) is 0. The Kier molecular flexibility index (Phi) is 4.67. The summed E-state index contributed by atoms with van der Waals surface area (Å²) in [6.07, 6.45) is 1.39. The van der Waals surface area contributed by atoms with Crippen LogP contribution in [0.25, 0.3) is 0 Å². The maximum absolute atomic E-state index is 5.60. The summed E-state index contributed by atoms with van der Waals surface area (Å²) in [5.41, 5.74) is 5.60. The molecule has 0 aliphatic carbocycles. The smallest absolute Gasteiger partial charge is 0.0555 e. The van der Waals surface area contributed by atoms with Crippen LogP contribution in [0.2, 0.25) is 0 Å². The number of rotatable bonds is 4. The summed E-state index contributed by atoms with van der Waals surface area (Å²) in [5.74, 6) is 0. The Bertz CT molecular complexity index is 57.3. The highest BCUT2D eigenvalue weighted by atomic mass is 15.2. The van der Waals surface area contributed by atoms with Crippen molar-refractivity contribution in [3.05, 3.63) is 0 Å². The van der Waals surface area contributed by atoms with Crippen LogP contribution in [0.15, 0.2) is 0 Å². The fourth-order valence-electron chi connectivity index (χ4n) is 0.522. The first-order valence-corrected chi connectivity index (χ1v) is 3.39. The lowest BCUT2D eigenvalue weighted by Gasteiger charge is -2.17. The number of hydrogen-bond donors (Lipinski definition) is 3. The van der Waals surface area contributed by atoms with Crippen LogP contribution in [0.3, 0.4) is 0 Å². The number of nitrogens with one attached hydrogen (secondary N) is 2. The third-order valence-corrected chi connectivity index (χ3v) is 1.34. The Hall–Kier alpha value is -0.120. The maximum Gasteiger partial charge on any atom is 0.0555 e. The Morgan fingerprint density at radius 2 is 2.11 bits per heavy atom. The molecule has 3 heteroatoms. The summed E-state index contributed by atoms with van der Waals surface area (Å²) in [6.45, 7) is 4.09. The highest BCUT2D eigenvalue weighted by molar-refractivity contribution is 4.60. The van der Waals surface area contributed by atoms with Crippen LogP contribution in [0.4, 0.5) is 0 Å². The molecule has 0 rings (SSSR count). The van der Waals surface area contributed by atoms with Crippen molar-refractivity contribution < 1.29 is 0 Å². The van der Waals surface area contributed by atoms with E-state index >= 15 is 0 Å². The highest BCUT2D eigenvalue weighted by Gasteiger charge is 2.00. The second-order valence-electron chi connectivity index (χ2n) is 2.19. The Labute approximate surface area is 57.0 Å².